The van der Waals surface area contributed by atoms with E-state index in [0.29, 0.717) is 39.5 Å². The molecule has 2 aliphatic heterocycles. The summed E-state index contributed by atoms with van der Waals surface area (Å²) in [5.74, 6) is -0.783. The highest BCUT2D eigenvalue weighted by Gasteiger charge is 2.64. The molecule has 2 aliphatic rings. The molecule has 29 heavy (non-hydrogen) atoms. The number of hydrazine groups is 1. The maximum absolute atomic E-state index is 13.8. The summed E-state index contributed by atoms with van der Waals surface area (Å²) in [6.07, 6.45) is 1.49. The molecular weight excluding hydrogens is 396 g/mol. The number of methoxy groups -OCH3 is 1. The smallest absolute Gasteiger partial charge is 0.343 e. The molecule has 0 aliphatic carbocycles. The zero-order valence-electron chi connectivity index (χ0n) is 17.1. The highest BCUT2D eigenvalue weighted by atomic mass is 32.2. The van der Waals surface area contributed by atoms with E-state index in [1.165, 1.54) is 19.2 Å². The van der Waals surface area contributed by atoms with Gasteiger partial charge in [-0.3, -0.25) is 0 Å². The van der Waals surface area contributed by atoms with Gasteiger partial charge in [0.2, 0.25) is 14.7 Å². The third-order valence-corrected chi connectivity index (χ3v) is 7.81. The van der Waals surface area contributed by atoms with Gasteiger partial charge in [0.15, 0.2) is 0 Å². The van der Waals surface area contributed by atoms with Crippen LogP contribution in [0.3, 0.4) is 0 Å². The van der Waals surface area contributed by atoms with Crippen LogP contribution in [0.5, 0.6) is 0 Å². The van der Waals surface area contributed by atoms with E-state index in [4.69, 9.17) is 14.2 Å². The number of nitrogens with zero attached hydrogens (tertiary/aromatic N) is 2. The molecule has 0 aromatic heterocycles. The van der Waals surface area contributed by atoms with Crippen molar-refractivity contribution in [1.82, 2.24) is 10.0 Å². The summed E-state index contributed by atoms with van der Waals surface area (Å²) in [5.41, 5.74) is 0. The number of ether oxygens (including phenoxy) is 3. The monoisotopic (exact) mass is 426 g/mol. The first-order valence-corrected chi connectivity index (χ1v) is 11.6. The predicted molar refractivity (Wildman–Crippen MR) is 107 cm³/mol. The number of carbonyl (C=O) groups excluding carboxylic acids is 1. The molecule has 2 saturated heterocycles. The Morgan fingerprint density at radius 2 is 1.93 bits per heavy atom. The largest absolute Gasteiger partial charge is 0.467 e. The number of hydrogen-bond donors (Lipinski definition) is 0. The summed E-state index contributed by atoms with van der Waals surface area (Å²) in [6.45, 7) is 4.86. The van der Waals surface area contributed by atoms with E-state index in [2.05, 4.69) is 6.92 Å². The SMILES string of the molecule is CCCCO[C@@H]1CN(N2CCOCC2)[C@@](C(=O)OC)(S(=O)(=O)c2ccccc2)C1. The third kappa shape index (κ3) is 4.20. The van der Waals surface area contributed by atoms with Gasteiger partial charge in [-0.15, -0.1) is 0 Å². The highest BCUT2D eigenvalue weighted by Crippen LogP contribution is 2.42. The van der Waals surface area contributed by atoms with E-state index < -0.39 is 20.7 Å². The predicted octanol–water partition coefficient (Wildman–Crippen LogP) is 1.47. The Kier molecular flexibility index (Phi) is 7.28. The number of rotatable bonds is 8. The van der Waals surface area contributed by atoms with Crippen molar-refractivity contribution in [3.63, 3.8) is 0 Å². The molecule has 2 fully saturated rings. The normalized spacial score (nSPS) is 26.5. The highest BCUT2D eigenvalue weighted by molar-refractivity contribution is 7.93. The van der Waals surface area contributed by atoms with Crippen LogP contribution in [0.4, 0.5) is 0 Å². The minimum absolute atomic E-state index is 0.0258. The van der Waals surface area contributed by atoms with Crippen LogP contribution in [0, 0.1) is 0 Å². The Morgan fingerprint density at radius 3 is 2.55 bits per heavy atom. The fourth-order valence-electron chi connectivity index (χ4n) is 3.96. The van der Waals surface area contributed by atoms with Gasteiger partial charge in [-0.25, -0.2) is 23.2 Å². The molecule has 0 saturated carbocycles. The van der Waals surface area contributed by atoms with Crippen LogP contribution in [-0.4, -0.2) is 81.9 Å². The van der Waals surface area contributed by atoms with Gasteiger partial charge < -0.3 is 14.2 Å². The average molecular weight is 427 g/mol. The second-order valence-electron chi connectivity index (χ2n) is 7.29. The van der Waals surface area contributed by atoms with Crippen LogP contribution in [0.15, 0.2) is 35.2 Å². The molecule has 3 rings (SSSR count). The van der Waals surface area contributed by atoms with Gasteiger partial charge in [-0.2, -0.15) is 0 Å². The minimum atomic E-state index is -4.08. The molecule has 2 heterocycles. The number of carbonyl (C=O) groups is 1. The van der Waals surface area contributed by atoms with E-state index in [1.807, 2.05) is 5.01 Å². The first kappa shape index (κ1) is 22.2. The summed E-state index contributed by atoms with van der Waals surface area (Å²) < 4.78 is 44.1. The Balaban J connectivity index is 2.05. The molecule has 8 nitrogen and oxygen atoms in total. The number of benzene rings is 1. The second-order valence-corrected chi connectivity index (χ2v) is 9.44. The molecule has 0 spiro atoms. The van der Waals surface area contributed by atoms with E-state index >= 15 is 0 Å². The first-order valence-electron chi connectivity index (χ1n) is 10.1. The van der Waals surface area contributed by atoms with Crippen molar-refractivity contribution in [2.75, 3.05) is 46.6 Å². The van der Waals surface area contributed by atoms with Crippen LogP contribution >= 0.6 is 0 Å². The maximum Gasteiger partial charge on any atom is 0.343 e. The number of morpholine rings is 1. The van der Waals surface area contributed by atoms with Gasteiger partial charge in [0, 0.05) is 32.7 Å². The third-order valence-electron chi connectivity index (χ3n) is 5.48. The summed E-state index contributed by atoms with van der Waals surface area (Å²) in [5, 5.41) is 3.55. The van der Waals surface area contributed by atoms with Gasteiger partial charge in [-0.1, -0.05) is 31.5 Å². The fourth-order valence-corrected chi connectivity index (χ4v) is 6.05. The second kappa shape index (κ2) is 9.53. The molecule has 0 bridgehead atoms. The first-order chi connectivity index (χ1) is 14.0. The summed E-state index contributed by atoms with van der Waals surface area (Å²) in [6, 6.07) is 8.09. The van der Waals surface area contributed by atoms with Crippen LogP contribution < -0.4 is 0 Å². The van der Waals surface area contributed by atoms with Crippen LogP contribution in [-0.2, 0) is 28.8 Å². The lowest BCUT2D eigenvalue weighted by Gasteiger charge is -2.43. The van der Waals surface area contributed by atoms with Gasteiger partial charge >= 0.3 is 5.97 Å². The van der Waals surface area contributed by atoms with Crippen molar-refractivity contribution < 1.29 is 27.4 Å². The van der Waals surface area contributed by atoms with Crippen molar-refractivity contribution >= 4 is 15.8 Å². The van der Waals surface area contributed by atoms with Gasteiger partial charge in [0.25, 0.3) is 0 Å². The van der Waals surface area contributed by atoms with Gasteiger partial charge in [-0.05, 0) is 18.6 Å². The van der Waals surface area contributed by atoms with Crippen molar-refractivity contribution in [2.24, 2.45) is 0 Å². The maximum atomic E-state index is 13.8. The van der Waals surface area contributed by atoms with Crippen molar-refractivity contribution in [2.45, 2.75) is 42.1 Å². The number of esters is 1. The molecule has 2 atom stereocenters. The van der Waals surface area contributed by atoms with Crippen LogP contribution in [0.1, 0.15) is 26.2 Å². The molecule has 162 valence electrons. The van der Waals surface area contributed by atoms with Gasteiger partial charge in [0.1, 0.15) is 0 Å². The Labute approximate surface area is 172 Å². The molecule has 9 heteroatoms. The lowest BCUT2D eigenvalue weighted by Crippen LogP contribution is -2.64. The summed E-state index contributed by atoms with van der Waals surface area (Å²) in [7, 11) is -2.86. The Morgan fingerprint density at radius 1 is 1.24 bits per heavy atom. The summed E-state index contributed by atoms with van der Waals surface area (Å²) in [4.78, 5) is 11.4. The molecular formula is C20H30N2O6S. The molecule has 1 aromatic carbocycles. The fraction of sp³-hybridized carbons (Fsp3) is 0.650. The zero-order chi connectivity index (χ0) is 20.9. The van der Waals surface area contributed by atoms with Crippen LogP contribution in [0.25, 0.3) is 0 Å². The molecule has 1 aromatic rings. The van der Waals surface area contributed by atoms with Crippen LogP contribution in [0.2, 0.25) is 0 Å². The lowest BCUT2D eigenvalue weighted by atomic mass is 10.2. The van der Waals surface area contributed by atoms with E-state index in [0.717, 1.165) is 12.8 Å². The van der Waals surface area contributed by atoms with Crippen molar-refractivity contribution in [3.8, 4) is 0 Å². The average Bonchev–Trinajstić information content (AvgIpc) is 3.16. The lowest BCUT2D eigenvalue weighted by molar-refractivity contribution is -0.164. The zero-order valence-corrected chi connectivity index (χ0v) is 17.9. The number of hydrogen-bond acceptors (Lipinski definition) is 8. The topological polar surface area (TPSA) is 85.4 Å². The Bertz CT molecular complexity index is 781. The summed E-state index contributed by atoms with van der Waals surface area (Å²) >= 11 is 0. The molecule has 0 radical (unpaired) electrons. The standard InChI is InChI=1S/C20H30N2O6S/c1-3-4-12-28-17-15-20(19(23)26-2,22(16-17)21-10-13-27-14-11-21)29(24,25)18-8-6-5-7-9-18/h5-9,17H,3-4,10-16H2,1-2H3/t17-,20+/m0/s1. The molecule has 0 N–H and O–H groups in total. The van der Waals surface area contributed by atoms with E-state index in [1.54, 1.807) is 23.2 Å². The van der Waals surface area contributed by atoms with Crippen molar-refractivity contribution in [1.29, 1.82) is 0 Å². The molecule has 0 amide bonds. The quantitative estimate of drug-likeness (QED) is 0.456. The molecule has 0 unspecified atom stereocenters. The van der Waals surface area contributed by atoms with Gasteiger partial charge in [0.05, 0.1) is 31.3 Å². The van der Waals surface area contributed by atoms with E-state index in [-0.39, 0.29) is 17.4 Å². The minimum Gasteiger partial charge on any atom is -0.467 e. The Hall–Kier alpha value is -1.52. The number of unbranched alkanes of at least 4 members (excludes halogenated alkanes) is 1. The van der Waals surface area contributed by atoms with Crippen molar-refractivity contribution in [3.05, 3.63) is 30.3 Å². The van der Waals surface area contributed by atoms with E-state index in [9.17, 15) is 13.2 Å². The number of sulfone groups is 1.